The first kappa shape index (κ1) is 14.2. The molecule has 3 N–H and O–H groups in total. The molecule has 0 aromatic heterocycles. The molecule has 5 nitrogen and oxygen atoms in total. The highest BCUT2D eigenvalue weighted by atomic mass is 16.4. The zero-order chi connectivity index (χ0) is 12.0. The lowest BCUT2D eigenvalue weighted by Crippen LogP contribution is -2.50. The van der Waals surface area contributed by atoms with Crippen LogP contribution in [0.4, 0.5) is 0 Å². The van der Waals surface area contributed by atoms with Gasteiger partial charge in [0.15, 0.2) is 5.84 Å². The van der Waals surface area contributed by atoms with Gasteiger partial charge in [0, 0.05) is 12.6 Å². The maximum absolute atomic E-state index is 8.64. The molecule has 5 heteroatoms. The Hall–Kier alpha value is -0.810. The van der Waals surface area contributed by atoms with Gasteiger partial charge in [0.2, 0.25) is 0 Å². The van der Waals surface area contributed by atoms with Crippen LogP contribution in [-0.2, 0) is 0 Å². The van der Waals surface area contributed by atoms with Crippen LogP contribution >= 0.6 is 0 Å². The average Bonchev–Trinajstić information content (AvgIpc) is 2.16. The Kier molecular flexibility index (Phi) is 6.27. The average molecular weight is 216 g/mol. The van der Waals surface area contributed by atoms with Gasteiger partial charge in [-0.2, -0.15) is 0 Å². The maximum atomic E-state index is 8.64. The van der Waals surface area contributed by atoms with Gasteiger partial charge in [-0.1, -0.05) is 12.1 Å². The van der Waals surface area contributed by atoms with E-state index in [-0.39, 0.29) is 11.9 Å². The molecule has 0 fully saturated rings. The highest BCUT2D eigenvalue weighted by molar-refractivity contribution is 5.84. The molecule has 0 saturated carbocycles. The quantitative estimate of drug-likeness (QED) is 0.292. The van der Waals surface area contributed by atoms with Gasteiger partial charge in [-0.25, -0.2) is 0 Å². The van der Waals surface area contributed by atoms with Crippen molar-refractivity contribution in [1.82, 2.24) is 9.80 Å². The minimum Gasteiger partial charge on any atom is -0.409 e. The fourth-order valence-corrected chi connectivity index (χ4v) is 1.85. The molecule has 0 aliphatic rings. The van der Waals surface area contributed by atoms with Gasteiger partial charge in [0.1, 0.15) is 0 Å². The van der Waals surface area contributed by atoms with E-state index in [2.05, 4.69) is 28.8 Å². The largest absolute Gasteiger partial charge is 0.409 e. The SMILES string of the molecule is CCN(C(C)CN(C)C)C(C)C(N)=NO. The van der Waals surface area contributed by atoms with E-state index in [9.17, 15) is 0 Å². The summed E-state index contributed by atoms with van der Waals surface area (Å²) in [5.41, 5.74) is 5.61. The third kappa shape index (κ3) is 4.48. The maximum Gasteiger partial charge on any atom is 0.156 e. The topological polar surface area (TPSA) is 65.1 Å². The lowest BCUT2D eigenvalue weighted by molar-refractivity contribution is 0.163. The van der Waals surface area contributed by atoms with Gasteiger partial charge in [0.25, 0.3) is 0 Å². The molecule has 0 bridgehead atoms. The fourth-order valence-electron chi connectivity index (χ4n) is 1.85. The van der Waals surface area contributed by atoms with Crippen LogP contribution in [0, 0.1) is 0 Å². The number of hydrogen-bond donors (Lipinski definition) is 2. The molecule has 2 unspecified atom stereocenters. The predicted octanol–water partition coefficient (Wildman–Crippen LogP) is 0.393. The highest BCUT2D eigenvalue weighted by Gasteiger charge is 2.21. The molecule has 2 atom stereocenters. The number of hydrogen-bond acceptors (Lipinski definition) is 4. The van der Waals surface area contributed by atoms with Crippen molar-refractivity contribution in [3.05, 3.63) is 0 Å². The number of amidine groups is 1. The molecule has 0 radical (unpaired) electrons. The zero-order valence-electron chi connectivity index (χ0n) is 10.4. The molecule has 15 heavy (non-hydrogen) atoms. The van der Waals surface area contributed by atoms with Gasteiger partial charge in [-0.05, 0) is 34.5 Å². The summed E-state index contributed by atoms with van der Waals surface area (Å²) in [6.45, 7) is 8.01. The molecule has 0 amide bonds. The lowest BCUT2D eigenvalue weighted by atomic mass is 10.2. The van der Waals surface area contributed by atoms with Crippen LogP contribution < -0.4 is 5.73 Å². The summed E-state index contributed by atoms with van der Waals surface area (Å²) in [7, 11) is 4.08. The predicted molar refractivity (Wildman–Crippen MR) is 63.3 cm³/mol. The first-order valence-electron chi connectivity index (χ1n) is 5.31. The number of oxime groups is 1. The molecular formula is C10H24N4O. The Morgan fingerprint density at radius 3 is 2.27 bits per heavy atom. The van der Waals surface area contributed by atoms with Crippen molar-refractivity contribution >= 4 is 5.84 Å². The normalized spacial score (nSPS) is 17.1. The fraction of sp³-hybridized carbons (Fsp3) is 0.900. The minimum atomic E-state index is -0.0325. The summed E-state index contributed by atoms with van der Waals surface area (Å²) in [6.07, 6.45) is 0. The molecule has 0 aromatic rings. The standard InChI is InChI=1S/C10H24N4O/c1-6-14(8(2)7-13(4)5)9(3)10(11)12-15/h8-9,15H,6-7H2,1-5H3,(H2,11,12). The third-order valence-corrected chi connectivity index (χ3v) is 2.60. The van der Waals surface area contributed by atoms with Crippen LogP contribution in [-0.4, -0.2) is 60.1 Å². The van der Waals surface area contributed by atoms with Gasteiger partial charge < -0.3 is 15.8 Å². The van der Waals surface area contributed by atoms with Crippen molar-refractivity contribution in [3.63, 3.8) is 0 Å². The summed E-state index contributed by atoms with van der Waals surface area (Å²) < 4.78 is 0. The summed E-state index contributed by atoms with van der Waals surface area (Å²) in [5.74, 6) is 0.266. The van der Waals surface area contributed by atoms with E-state index >= 15 is 0 Å². The highest BCUT2D eigenvalue weighted by Crippen LogP contribution is 2.06. The lowest BCUT2D eigenvalue weighted by Gasteiger charge is -2.34. The van der Waals surface area contributed by atoms with Crippen molar-refractivity contribution < 1.29 is 5.21 Å². The van der Waals surface area contributed by atoms with Crippen LogP contribution in [0.1, 0.15) is 20.8 Å². The van der Waals surface area contributed by atoms with E-state index < -0.39 is 0 Å². The summed E-state index contributed by atoms with van der Waals surface area (Å²) >= 11 is 0. The summed E-state index contributed by atoms with van der Waals surface area (Å²) in [4.78, 5) is 4.33. The number of likely N-dealkylation sites (N-methyl/N-ethyl adjacent to an activating group) is 2. The first-order valence-corrected chi connectivity index (χ1v) is 5.31. The van der Waals surface area contributed by atoms with Crippen LogP contribution in [0.25, 0.3) is 0 Å². The Labute approximate surface area is 92.5 Å². The minimum absolute atomic E-state index is 0.0325. The molecule has 0 heterocycles. The van der Waals surface area contributed by atoms with Crippen molar-refractivity contribution in [3.8, 4) is 0 Å². The third-order valence-electron chi connectivity index (χ3n) is 2.60. The second kappa shape index (κ2) is 6.63. The molecule has 0 aromatic carbocycles. The van der Waals surface area contributed by atoms with Crippen LogP contribution in [0.15, 0.2) is 5.16 Å². The number of nitrogens with two attached hydrogens (primary N) is 1. The van der Waals surface area contributed by atoms with Crippen molar-refractivity contribution in [2.24, 2.45) is 10.9 Å². The Balaban J connectivity index is 4.46. The van der Waals surface area contributed by atoms with Gasteiger partial charge in [0.05, 0.1) is 6.04 Å². The van der Waals surface area contributed by atoms with Crippen molar-refractivity contribution in [2.75, 3.05) is 27.2 Å². The first-order chi connectivity index (χ1) is 6.93. The van der Waals surface area contributed by atoms with E-state index in [0.717, 1.165) is 13.1 Å². The van der Waals surface area contributed by atoms with E-state index in [0.29, 0.717) is 6.04 Å². The van der Waals surface area contributed by atoms with Crippen molar-refractivity contribution in [2.45, 2.75) is 32.9 Å². The molecule has 0 saturated heterocycles. The second-order valence-electron chi connectivity index (χ2n) is 4.14. The summed E-state index contributed by atoms with van der Waals surface area (Å²) in [6, 6.07) is 0.343. The Bertz CT molecular complexity index is 206. The smallest absolute Gasteiger partial charge is 0.156 e. The number of rotatable bonds is 6. The van der Waals surface area contributed by atoms with Crippen LogP contribution in [0.5, 0.6) is 0 Å². The van der Waals surface area contributed by atoms with E-state index in [1.807, 2.05) is 21.0 Å². The number of nitrogens with zero attached hydrogens (tertiary/aromatic N) is 3. The van der Waals surface area contributed by atoms with Crippen molar-refractivity contribution in [1.29, 1.82) is 0 Å². The second-order valence-corrected chi connectivity index (χ2v) is 4.14. The van der Waals surface area contributed by atoms with Crippen LogP contribution in [0.3, 0.4) is 0 Å². The van der Waals surface area contributed by atoms with E-state index in [4.69, 9.17) is 10.9 Å². The van der Waals surface area contributed by atoms with Gasteiger partial charge >= 0.3 is 0 Å². The van der Waals surface area contributed by atoms with Gasteiger partial charge in [-0.15, -0.1) is 0 Å². The molecule has 0 aliphatic heterocycles. The molecule has 0 spiro atoms. The van der Waals surface area contributed by atoms with Crippen LogP contribution in [0.2, 0.25) is 0 Å². The molecular weight excluding hydrogens is 192 g/mol. The molecule has 0 aliphatic carbocycles. The van der Waals surface area contributed by atoms with Gasteiger partial charge in [-0.3, -0.25) is 4.90 Å². The molecule has 0 rings (SSSR count). The molecule has 90 valence electrons. The monoisotopic (exact) mass is 216 g/mol. The van der Waals surface area contributed by atoms with E-state index in [1.54, 1.807) is 0 Å². The van der Waals surface area contributed by atoms with E-state index in [1.165, 1.54) is 0 Å². The Morgan fingerprint density at radius 2 is 1.93 bits per heavy atom. The Morgan fingerprint density at radius 1 is 1.40 bits per heavy atom. The summed E-state index contributed by atoms with van der Waals surface area (Å²) in [5, 5.41) is 11.7. The zero-order valence-corrected chi connectivity index (χ0v) is 10.4.